The highest BCUT2D eigenvalue weighted by atomic mass is 16.4. The summed E-state index contributed by atoms with van der Waals surface area (Å²) in [5.41, 5.74) is 2.72. The van der Waals surface area contributed by atoms with Crippen molar-refractivity contribution in [2.24, 2.45) is 14.1 Å². The molecule has 0 radical (unpaired) electrons. The molecule has 0 aliphatic carbocycles. The average molecular weight is 282 g/mol. The first-order valence-electron chi connectivity index (χ1n) is 6.42. The van der Waals surface area contributed by atoms with Crippen LogP contribution in [0.5, 0.6) is 0 Å². The van der Waals surface area contributed by atoms with E-state index >= 15 is 0 Å². The second kappa shape index (κ2) is 4.90. The number of aromatic carboxylic acids is 1. The predicted octanol–water partition coefficient (Wildman–Crippen LogP) is 2.19. The summed E-state index contributed by atoms with van der Waals surface area (Å²) in [6.07, 6.45) is 3.65. The summed E-state index contributed by atoms with van der Waals surface area (Å²) in [5, 5.41) is 13.0. The van der Waals surface area contributed by atoms with Crippen LogP contribution in [0.3, 0.4) is 0 Å². The number of benzene rings is 1. The lowest BCUT2D eigenvalue weighted by Gasteiger charge is -2.05. The minimum Gasteiger partial charge on any atom is -0.476 e. The molecule has 3 aromatic rings. The summed E-state index contributed by atoms with van der Waals surface area (Å²) in [5.74, 6) is -0.140. The lowest BCUT2D eigenvalue weighted by molar-refractivity contribution is 0.0689. The number of carboxylic acids is 1. The van der Waals surface area contributed by atoms with Crippen molar-refractivity contribution < 1.29 is 9.90 Å². The third-order valence-electron chi connectivity index (χ3n) is 3.36. The van der Waals surface area contributed by atoms with Gasteiger partial charge in [-0.1, -0.05) is 24.3 Å². The zero-order chi connectivity index (χ0) is 15.0. The molecule has 0 atom stereocenters. The van der Waals surface area contributed by atoms with Crippen LogP contribution in [0.2, 0.25) is 0 Å². The molecule has 2 heterocycles. The zero-order valence-electron chi connectivity index (χ0n) is 11.7. The number of aromatic nitrogens is 4. The van der Waals surface area contributed by atoms with Gasteiger partial charge in [0.15, 0.2) is 5.69 Å². The molecular weight excluding hydrogens is 268 g/mol. The molecule has 0 saturated heterocycles. The number of hydrogen-bond acceptors (Lipinski definition) is 3. The quantitative estimate of drug-likeness (QED) is 0.799. The predicted molar refractivity (Wildman–Crippen MR) is 77.8 cm³/mol. The van der Waals surface area contributed by atoms with Gasteiger partial charge in [0, 0.05) is 32.1 Å². The summed E-state index contributed by atoms with van der Waals surface area (Å²) < 4.78 is 3.51. The molecule has 2 aromatic heterocycles. The van der Waals surface area contributed by atoms with Gasteiger partial charge in [-0.15, -0.1) is 0 Å². The highest BCUT2D eigenvalue weighted by Crippen LogP contribution is 2.24. The van der Waals surface area contributed by atoms with Crippen molar-refractivity contribution in [2.75, 3.05) is 0 Å². The lowest BCUT2D eigenvalue weighted by Crippen LogP contribution is -1.99. The van der Waals surface area contributed by atoms with Crippen molar-refractivity contribution >= 4 is 5.97 Å². The first-order chi connectivity index (χ1) is 10.1. The Balaban J connectivity index is 1.98. The molecule has 21 heavy (non-hydrogen) atoms. The molecule has 3 rings (SSSR count). The van der Waals surface area contributed by atoms with E-state index in [-0.39, 0.29) is 5.69 Å². The van der Waals surface area contributed by atoms with E-state index in [0.29, 0.717) is 0 Å². The number of nitrogens with zero attached hydrogens (tertiary/aromatic N) is 4. The van der Waals surface area contributed by atoms with Gasteiger partial charge < -0.3 is 9.67 Å². The van der Waals surface area contributed by atoms with E-state index in [1.807, 2.05) is 42.1 Å². The highest BCUT2D eigenvalue weighted by Gasteiger charge is 2.13. The van der Waals surface area contributed by atoms with Crippen LogP contribution in [0, 0.1) is 0 Å². The Bertz CT molecular complexity index is 799. The SMILES string of the molecule is Cn1ccnc1-c1ccc(-c2cc(C(=O)O)nn2C)cc1. The maximum Gasteiger partial charge on any atom is 0.356 e. The normalized spacial score (nSPS) is 10.8. The maximum absolute atomic E-state index is 11.0. The molecule has 0 aliphatic heterocycles. The summed E-state index contributed by atoms with van der Waals surface area (Å²) in [4.78, 5) is 15.3. The van der Waals surface area contributed by atoms with Crippen LogP contribution in [0.25, 0.3) is 22.6 Å². The van der Waals surface area contributed by atoms with Gasteiger partial charge in [-0.2, -0.15) is 5.10 Å². The lowest BCUT2D eigenvalue weighted by atomic mass is 10.1. The molecule has 1 aromatic carbocycles. The fourth-order valence-corrected chi connectivity index (χ4v) is 2.28. The van der Waals surface area contributed by atoms with Crippen LogP contribution in [0.1, 0.15) is 10.5 Å². The van der Waals surface area contributed by atoms with E-state index in [9.17, 15) is 4.79 Å². The van der Waals surface area contributed by atoms with Crippen LogP contribution in [-0.2, 0) is 14.1 Å². The molecule has 0 fully saturated rings. The van der Waals surface area contributed by atoms with Gasteiger partial charge >= 0.3 is 5.97 Å². The maximum atomic E-state index is 11.0. The monoisotopic (exact) mass is 282 g/mol. The van der Waals surface area contributed by atoms with Crippen molar-refractivity contribution in [3.63, 3.8) is 0 Å². The Morgan fingerprint density at radius 3 is 2.33 bits per heavy atom. The fraction of sp³-hybridized carbons (Fsp3) is 0.133. The van der Waals surface area contributed by atoms with E-state index in [1.54, 1.807) is 24.0 Å². The van der Waals surface area contributed by atoms with Crippen molar-refractivity contribution in [3.05, 3.63) is 48.4 Å². The first-order valence-corrected chi connectivity index (χ1v) is 6.42. The van der Waals surface area contributed by atoms with Crippen LogP contribution in [0.4, 0.5) is 0 Å². The van der Waals surface area contributed by atoms with Gasteiger partial charge in [-0.3, -0.25) is 4.68 Å². The standard InChI is InChI=1S/C15H14N4O2/c1-18-8-7-16-14(18)11-5-3-10(4-6-11)13-9-12(15(20)21)17-19(13)2/h3-9H,1-2H3,(H,20,21). The van der Waals surface area contributed by atoms with Gasteiger partial charge in [-0.05, 0) is 11.6 Å². The topological polar surface area (TPSA) is 72.9 Å². The molecule has 6 nitrogen and oxygen atoms in total. The second-order valence-electron chi connectivity index (χ2n) is 4.78. The molecule has 0 bridgehead atoms. The van der Waals surface area contributed by atoms with Gasteiger partial charge in [0.2, 0.25) is 0 Å². The number of aryl methyl sites for hydroxylation is 2. The number of carbonyl (C=O) groups is 1. The molecule has 0 saturated carbocycles. The largest absolute Gasteiger partial charge is 0.476 e. The molecule has 0 spiro atoms. The Hall–Kier alpha value is -2.89. The van der Waals surface area contributed by atoms with Crippen molar-refractivity contribution in [1.82, 2.24) is 19.3 Å². The minimum atomic E-state index is -1.03. The number of carboxylic acid groups (broad SMARTS) is 1. The third kappa shape index (κ3) is 2.31. The van der Waals surface area contributed by atoms with E-state index in [4.69, 9.17) is 5.11 Å². The molecule has 6 heteroatoms. The van der Waals surface area contributed by atoms with Crippen LogP contribution < -0.4 is 0 Å². The van der Waals surface area contributed by atoms with Crippen LogP contribution in [0.15, 0.2) is 42.7 Å². The van der Waals surface area contributed by atoms with Gasteiger partial charge in [0.05, 0.1) is 5.69 Å². The van der Waals surface area contributed by atoms with Crippen molar-refractivity contribution in [2.45, 2.75) is 0 Å². The Morgan fingerprint density at radius 1 is 1.14 bits per heavy atom. The molecule has 0 unspecified atom stereocenters. The average Bonchev–Trinajstić information content (AvgIpc) is 3.05. The van der Waals surface area contributed by atoms with Crippen LogP contribution >= 0.6 is 0 Å². The smallest absolute Gasteiger partial charge is 0.356 e. The van der Waals surface area contributed by atoms with Crippen molar-refractivity contribution in [3.8, 4) is 22.6 Å². The van der Waals surface area contributed by atoms with E-state index < -0.39 is 5.97 Å². The minimum absolute atomic E-state index is 0.0423. The van der Waals surface area contributed by atoms with Crippen molar-refractivity contribution in [1.29, 1.82) is 0 Å². The van der Waals surface area contributed by atoms with Crippen LogP contribution in [-0.4, -0.2) is 30.4 Å². The number of hydrogen-bond donors (Lipinski definition) is 1. The first kappa shape index (κ1) is 13.1. The van der Waals surface area contributed by atoms with Gasteiger partial charge in [-0.25, -0.2) is 9.78 Å². The van der Waals surface area contributed by atoms with Gasteiger partial charge in [0.25, 0.3) is 0 Å². The second-order valence-corrected chi connectivity index (χ2v) is 4.78. The summed E-state index contributed by atoms with van der Waals surface area (Å²) in [6.45, 7) is 0. The Kier molecular flexibility index (Phi) is 3.06. The molecular formula is C15H14N4O2. The highest BCUT2D eigenvalue weighted by molar-refractivity contribution is 5.87. The Labute approximate surface area is 121 Å². The molecule has 0 aliphatic rings. The summed E-state index contributed by atoms with van der Waals surface area (Å²) in [7, 11) is 3.67. The van der Waals surface area contributed by atoms with E-state index in [2.05, 4.69) is 10.1 Å². The molecule has 1 N–H and O–H groups in total. The third-order valence-corrected chi connectivity index (χ3v) is 3.36. The molecule has 106 valence electrons. The summed E-state index contributed by atoms with van der Waals surface area (Å²) >= 11 is 0. The van der Waals surface area contributed by atoms with E-state index in [0.717, 1.165) is 22.6 Å². The number of imidazole rings is 1. The fourth-order valence-electron chi connectivity index (χ4n) is 2.28. The van der Waals surface area contributed by atoms with Gasteiger partial charge in [0.1, 0.15) is 5.82 Å². The Morgan fingerprint density at radius 2 is 1.81 bits per heavy atom. The van der Waals surface area contributed by atoms with E-state index in [1.165, 1.54) is 0 Å². The molecule has 0 amide bonds. The number of rotatable bonds is 3. The zero-order valence-corrected chi connectivity index (χ0v) is 11.7. The summed E-state index contributed by atoms with van der Waals surface area (Å²) in [6, 6.07) is 9.37.